The number of halogens is 1. The monoisotopic (exact) mass is 351 g/mol. The van der Waals surface area contributed by atoms with E-state index in [4.69, 9.17) is 10.3 Å². The van der Waals surface area contributed by atoms with E-state index in [1.807, 2.05) is 32.2 Å². The smallest absolute Gasteiger partial charge is 0.300 e. The number of hydrogen-bond donors (Lipinski definition) is 2. The van der Waals surface area contributed by atoms with Crippen molar-refractivity contribution in [3.8, 4) is 0 Å². The molecule has 0 saturated carbocycles. The van der Waals surface area contributed by atoms with Crippen LogP contribution in [0.3, 0.4) is 0 Å². The zero-order valence-corrected chi connectivity index (χ0v) is 13.6. The number of nitrogens with one attached hydrogen (secondary N) is 1. The molecule has 112 valence electrons. The van der Waals surface area contributed by atoms with E-state index >= 15 is 0 Å². The Morgan fingerprint density at radius 3 is 2.67 bits per heavy atom. The van der Waals surface area contributed by atoms with Gasteiger partial charge in [-0.2, -0.15) is 0 Å². The molecule has 1 aromatic heterocycles. The summed E-state index contributed by atoms with van der Waals surface area (Å²) in [4.78, 5) is 13.6. The fourth-order valence-corrected chi connectivity index (χ4v) is 2.53. The first-order chi connectivity index (χ1) is 10.0. The van der Waals surface area contributed by atoms with Gasteiger partial charge in [-0.3, -0.25) is 15.1 Å². The van der Waals surface area contributed by atoms with Gasteiger partial charge in [-0.1, -0.05) is 34.1 Å². The molecule has 2 aromatic rings. The minimum absolute atomic E-state index is 0.235. The lowest BCUT2D eigenvalue weighted by Crippen LogP contribution is -2.29. The Labute approximate surface area is 132 Å². The molecule has 0 atom stereocenters. The van der Waals surface area contributed by atoms with Crippen LogP contribution in [-0.4, -0.2) is 17.9 Å². The fraction of sp³-hybridized carbons (Fsp3) is 0.267. The molecular formula is C15H18BrN3O2. The number of rotatable bonds is 5. The van der Waals surface area contributed by atoms with Crippen LogP contribution in [0.15, 0.2) is 39.2 Å². The number of hydrogen-bond acceptors (Lipinski definition) is 4. The molecule has 0 aliphatic rings. The minimum Gasteiger partial charge on any atom is -0.456 e. The topological polar surface area (TPSA) is 71.5 Å². The third-order valence-electron chi connectivity index (χ3n) is 3.21. The zero-order valence-electron chi connectivity index (χ0n) is 12.0. The largest absolute Gasteiger partial charge is 0.456 e. The number of furan rings is 1. The Morgan fingerprint density at radius 2 is 2.00 bits per heavy atom. The third-order valence-corrected chi connectivity index (χ3v) is 3.99. The molecule has 0 saturated heterocycles. The van der Waals surface area contributed by atoms with Crippen LogP contribution in [0.5, 0.6) is 0 Å². The van der Waals surface area contributed by atoms with Crippen LogP contribution >= 0.6 is 15.9 Å². The highest BCUT2D eigenvalue weighted by Gasteiger charge is 2.15. The van der Waals surface area contributed by atoms with Crippen molar-refractivity contribution in [3.05, 3.63) is 57.5 Å². The molecule has 2 rings (SSSR count). The van der Waals surface area contributed by atoms with Gasteiger partial charge < -0.3 is 4.42 Å². The summed E-state index contributed by atoms with van der Waals surface area (Å²) >= 11 is 3.55. The molecule has 1 heterocycles. The number of aryl methyl sites for hydroxylation is 1. The maximum Gasteiger partial charge on any atom is 0.300 e. The van der Waals surface area contributed by atoms with Gasteiger partial charge in [0.2, 0.25) is 0 Å². The van der Waals surface area contributed by atoms with Gasteiger partial charge in [0.1, 0.15) is 5.76 Å². The number of hydrazine groups is 1. The van der Waals surface area contributed by atoms with Crippen molar-refractivity contribution in [2.45, 2.75) is 20.0 Å². The average Bonchev–Trinajstić information content (AvgIpc) is 2.82. The summed E-state index contributed by atoms with van der Waals surface area (Å²) in [7, 11) is 2.02. The van der Waals surface area contributed by atoms with Crippen molar-refractivity contribution in [1.82, 2.24) is 10.3 Å². The number of carbonyl (C=O) groups excluding carboxylic acids is 1. The molecule has 0 fully saturated rings. The Kier molecular flexibility index (Phi) is 5.17. The first-order valence-corrected chi connectivity index (χ1v) is 7.32. The van der Waals surface area contributed by atoms with E-state index in [1.165, 1.54) is 5.56 Å². The van der Waals surface area contributed by atoms with E-state index < -0.39 is 5.91 Å². The molecule has 1 amide bonds. The molecule has 5 nitrogen and oxygen atoms in total. The molecule has 0 aliphatic heterocycles. The first kappa shape index (κ1) is 15.8. The number of benzene rings is 1. The lowest BCUT2D eigenvalue weighted by Gasteiger charge is -2.17. The minimum atomic E-state index is -0.419. The maximum absolute atomic E-state index is 11.5. The summed E-state index contributed by atoms with van der Waals surface area (Å²) in [6, 6.07) is 9.84. The Morgan fingerprint density at radius 1 is 1.33 bits per heavy atom. The Balaban J connectivity index is 2.06. The summed E-state index contributed by atoms with van der Waals surface area (Å²) in [6.07, 6.45) is 0. The zero-order chi connectivity index (χ0) is 15.4. The van der Waals surface area contributed by atoms with Crippen molar-refractivity contribution < 1.29 is 9.21 Å². The number of nitrogens with two attached hydrogens (primary N) is 1. The number of amides is 1. The van der Waals surface area contributed by atoms with Crippen LogP contribution in [-0.2, 0) is 13.1 Å². The van der Waals surface area contributed by atoms with Gasteiger partial charge in [0.15, 0.2) is 5.76 Å². The van der Waals surface area contributed by atoms with Crippen LogP contribution in [0.2, 0.25) is 0 Å². The molecule has 3 N–H and O–H groups in total. The summed E-state index contributed by atoms with van der Waals surface area (Å²) in [5.41, 5.74) is 4.25. The lowest BCUT2D eigenvalue weighted by atomic mass is 10.2. The standard InChI is InChI=1S/C15H18BrN3O2/c1-10-12(7-14(21-10)15(20)18-17)9-19(2)8-11-5-3-4-6-13(11)16/h3-7H,8-9,17H2,1-2H3,(H,18,20). The van der Waals surface area contributed by atoms with Gasteiger partial charge in [-0.15, -0.1) is 0 Å². The van der Waals surface area contributed by atoms with E-state index in [0.29, 0.717) is 6.54 Å². The van der Waals surface area contributed by atoms with Crippen LogP contribution in [0, 0.1) is 6.92 Å². The lowest BCUT2D eigenvalue weighted by molar-refractivity contribution is 0.0924. The van der Waals surface area contributed by atoms with Gasteiger partial charge in [0.25, 0.3) is 0 Å². The summed E-state index contributed by atoms with van der Waals surface area (Å²) in [5.74, 6) is 5.65. The molecular weight excluding hydrogens is 334 g/mol. The number of nitrogens with zero attached hydrogens (tertiary/aromatic N) is 1. The fourth-order valence-electron chi connectivity index (χ4n) is 2.12. The predicted molar refractivity (Wildman–Crippen MR) is 84.4 cm³/mol. The summed E-state index contributed by atoms with van der Waals surface area (Å²) < 4.78 is 6.50. The van der Waals surface area contributed by atoms with E-state index in [0.717, 1.165) is 22.3 Å². The van der Waals surface area contributed by atoms with Gasteiger partial charge in [-0.25, -0.2) is 5.84 Å². The highest BCUT2D eigenvalue weighted by atomic mass is 79.9. The molecule has 0 radical (unpaired) electrons. The maximum atomic E-state index is 11.5. The molecule has 0 spiro atoms. The van der Waals surface area contributed by atoms with Crippen molar-refractivity contribution in [2.24, 2.45) is 5.84 Å². The molecule has 0 unspecified atom stereocenters. The third kappa shape index (κ3) is 3.93. The molecule has 21 heavy (non-hydrogen) atoms. The van der Waals surface area contributed by atoms with Crippen molar-refractivity contribution in [1.29, 1.82) is 0 Å². The molecule has 0 bridgehead atoms. The first-order valence-electron chi connectivity index (χ1n) is 6.53. The normalized spacial score (nSPS) is 10.9. The van der Waals surface area contributed by atoms with Crippen molar-refractivity contribution >= 4 is 21.8 Å². The van der Waals surface area contributed by atoms with Crippen molar-refractivity contribution in [3.63, 3.8) is 0 Å². The second kappa shape index (κ2) is 6.89. The average molecular weight is 352 g/mol. The van der Waals surface area contributed by atoms with Crippen LogP contribution in [0.1, 0.15) is 27.4 Å². The Hall–Kier alpha value is -1.63. The van der Waals surface area contributed by atoms with E-state index in [9.17, 15) is 4.79 Å². The second-order valence-electron chi connectivity index (χ2n) is 4.93. The molecule has 1 aromatic carbocycles. The summed E-state index contributed by atoms with van der Waals surface area (Å²) in [6.45, 7) is 3.33. The van der Waals surface area contributed by atoms with E-state index in [2.05, 4.69) is 32.3 Å². The van der Waals surface area contributed by atoms with Crippen LogP contribution in [0.4, 0.5) is 0 Å². The van der Waals surface area contributed by atoms with Crippen LogP contribution < -0.4 is 11.3 Å². The highest BCUT2D eigenvalue weighted by molar-refractivity contribution is 9.10. The summed E-state index contributed by atoms with van der Waals surface area (Å²) in [5, 5.41) is 0. The predicted octanol–water partition coefficient (Wildman–Crippen LogP) is 2.59. The van der Waals surface area contributed by atoms with Crippen LogP contribution in [0.25, 0.3) is 0 Å². The Bertz CT molecular complexity index is 640. The second-order valence-corrected chi connectivity index (χ2v) is 5.78. The number of carbonyl (C=O) groups is 1. The SMILES string of the molecule is Cc1oc(C(=O)NN)cc1CN(C)Cc1ccccc1Br. The van der Waals surface area contributed by atoms with E-state index in [-0.39, 0.29) is 5.76 Å². The molecule has 6 heteroatoms. The van der Waals surface area contributed by atoms with Gasteiger partial charge in [-0.05, 0) is 31.7 Å². The molecule has 0 aliphatic carbocycles. The van der Waals surface area contributed by atoms with Gasteiger partial charge >= 0.3 is 5.91 Å². The van der Waals surface area contributed by atoms with Gasteiger partial charge in [0.05, 0.1) is 0 Å². The van der Waals surface area contributed by atoms with Gasteiger partial charge in [0, 0.05) is 23.1 Å². The number of nitrogen functional groups attached to an aromatic ring is 1. The van der Waals surface area contributed by atoms with Crippen molar-refractivity contribution in [2.75, 3.05) is 7.05 Å². The van der Waals surface area contributed by atoms with E-state index in [1.54, 1.807) is 6.07 Å². The highest BCUT2D eigenvalue weighted by Crippen LogP contribution is 2.20. The quantitative estimate of drug-likeness (QED) is 0.493.